The monoisotopic (exact) mass is 428 g/mol. The van der Waals surface area contributed by atoms with Gasteiger partial charge in [0.15, 0.2) is 0 Å². The average molecular weight is 429 g/mol. The van der Waals surface area contributed by atoms with Crippen molar-refractivity contribution in [1.29, 1.82) is 0 Å². The Bertz CT molecular complexity index is 1070. The molecule has 30 heavy (non-hydrogen) atoms. The SMILES string of the molecule is CCCCCCc1cc2c(=O)c(-c3ccc(Cl)cc3)coc2cc1OC(=O)OCC. The highest BCUT2D eigenvalue weighted by molar-refractivity contribution is 6.30. The molecule has 0 fully saturated rings. The number of ether oxygens (including phenoxy) is 2. The van der Waals surface area contributed by atoms with Crippen LogP contribution in [-0.2, 0) is 11.2 Å². The quantitative estimate of drug-likeness (QED) is 0.225. The van der Waals surface area contributed by atoms with E-state index in [0.29, 0.717) is 33.7 Å². The molecule has 0 N–H and O–H groups in total. The van der Waals surface area contributed by atoms with Gasteiger partial charge in [-0.1, -0.05) is 49.9 Å². The lowest BCUT2D eigenvalue weighted by molar-refractivity contribution is 0.104. The number of benzene rings is 2. The van der Waals surface area contributed by atoms with Crippen molar-refractivity contribution >= 4 is 28.7 Å². The van der Waals surface area contributed by atoms with E-state index in [2.05, 4.69) is 6.92 Å². The van der Waals surface area contributed by atoms with Crippen molar-refractivity contribution in [3.63, 3.8) is 0 Å². The molecule has 0 saturated heterocycles. The van der Waals surface area contributed by atoms with Gasteiger partial charge in [0, 0.05) is 11.1 Å². The fraction of sp³-hybridized carbons (Fsp3) is 0.333. The van der Waals surface area contributed by atoms with Crippen LogP contribution in [0.3, 0.4) is 0 Å². The van der Waals surface area contributed by atoms with Crippen molar-refractivity contribution in [3.05, 3.63) is 63.5 Å². The van der Waals surface area contributed by atoms with Crippen LogP contribution in [0.2, 0.25) is 5.02 Å². The number of halogens is 1. The molecule has 0 aliphatic heterocycles. The number of fused-ring (bicyclic) bond motifs is 1. The number of carbonyl (C=O) groups excluding carboxylic acids is 1. The number of rotatable bonds is 8. The molecule has 3 aromatic rings. The molecule has 3 rings (SSSR count). The predicted molar refractivity (Wildman–Crippen MR) is 118 cm³/mol. The maximum atomic E-state index is 13.2. The Labute approximate surface area is 180 Å². The lowest BCUT2D eigenvalue weighted by atomic mass is 10.0. The first-order valence-electron chi connectivity index (χ1n) is 10.2. The van der Waals surface area contributed by atoms with Crippen molar-refractivity contribution < 1.29 is 18.7 Å². The van der Waals surface area contributed by atoms with E-state index in [0.717, 1.165) is 36.8 Å². The third kappa shape index (κ3) is 5.22. The van der Waals surface area contributed by atoms with E-state index < -0.39 is 6.16 Å². The Kier molecular flexibility index (Phi) is 7.52. The predicted octanol–water partition coefficient (Wildman–Crippen LogP) is 6.77. The molecule has 2 aromatic carbocycles. The Balaban J connectivity index is 2.03. The number of unbranched alkanes of at least 4 members (excludes halogenated alkanes) is 3. The van der Waals surface area contributed by atoms with Crippen molar-refractivity contribution in [2.75, 3.05) is 6.61 Å². The summed E-state index contributed by atoms with van der Waals surface area (Å²) in [4.78, 5) is 25.0. The minimum Gasteiger partial charge on any atom is -0.463 e. The van der Waals surface area contributed by atoms with Gasteiger partial charge in [-0.2, -0.15) is 0 Å². The van der Waals surface area contributed by atoms with E-state index >= 15 is 0 Å². The summed E-state index contributed by atoms with van der Waals surface area (Å²) in [6, 6.07) is 10.4. The first kappa shape index (κ1) is 21.9. The van der Waals surface area contributed by atoms with Gasteiger partial charge in [0.2, 0.25) is 5.43 Å². The van der Waals surface area contributed by atoms with Gasteiger partial charge in [0.1, 0.15) is 17.6 Å². The summed E-state index contributed by atoms with van der Waals surface area (Å²) >= 11 is 5.95. The largest absolute Gasteiger partial charge is 0.513 e. The van der Waals surface area contributed by atoms with Crippen LogP contribution < -0.4 is 10.2 Å². The van der Waals surface area contributed by atoms with E-state index in [4.69, 9.17) is 25.5 Å². The molecule has 1 aromatic heterocycles. The van der Waals surface area contributed by atoms with Crippen LogP contribution >= 0.6 is 11.6 Å². The van der Waals surface area contributed by atoms with Gasteiger partial charge in [-0.05, 0) is 49.1 Å². The third-order valence-corrected chi connectivity index (χ3v) is 5.12. The van der Waals surface area contributed by atoms with E-state index in [1.807, 2.05) is 0 Å². The Morgan fingerprint density at radius 3 is 2.53 bits per heavy atom. The number of carbonyl (C=O) groups is 1. The molecular weight excluding hydrogens is 404 g/mol. The second-order valence-corrected chi connectivity index (χ2v) is 7.47. The minimum atomic E-state index is -0.771. The van der Waals surface area contributed by atoms with E-state index in [1.165, 1.54) is 6.26 Å². The van der Waals surface area contributed by atoms with Crippen molar-refractivity contribution in [2.45, 2.75) is 46.0 Å². The molecule has 0 radical (unpaired) electrons. The number of aryl methyl sites for hydroxylation is 1. The molecule has 0 atom stereocenters. The average Bonchev–Trinajstić information content (AvgIpc) is 2.73. The van der Waals surface area contributed by atoms with Gasteiger partial charge in [-0.15, -0.1) is 0 Å². The lowest BCUT2D eigenvalue weighted by Crippen LogP contribution is -2.12. The number of hydrogen-bond donors (Lipinski definition) is 0. The normalized spacial score (nSPS) is 10.9. The lowest BCUT2D eigenvalue weighted by Gasteiger charge is -2.12. The van der Waals surface area contributed by atoms with E-state index in [9.17, 15) is 9.59 Å². The number of hydrogen-bond acceptors (Lipinski definition) is 5. The van der Waals surface area contributed by atoms with Crippen molar-refractivity contribution in [2.24, 2.45) is 0 Å². The highest BCUT2D eigenvalue weighted by Crippen LogP contribution is 2.29. The molecule has 5 nitrogen and oxygen atoms in total. The standard InChI is InChI=1S/C24H25ClO5/c1-3-5-6-7-8-17-13-19-22(14-21(17)30-24(27)28-4-2)29-15-20(23(19)26)16-9-11-18(25)12-10-16/h9-15H,3-8H2,1-2H3. The minimum absolute atomic E-state index is 0.143. The second-order valence-electron chi connectivity index (χ2n) is 7.04. The summed E-state index contributed by atoms with van der Waals surface area (Å²) in [5.41, 5.74) is 2.18. The summed E-state index contributed by atoms with van der Waals surface area (Å²) in [6.45, 7) is 4.08. The van der Waals surface area contributed by atoms with Gasteiger partial charge < -0.3 is 13.9 Å². The first-order chi connectivity index (χ1) is 14.5. The summed E-state index contributed by atoms with van der Waals surface area (Å²) < 4.78 is 16.0. The third-order valence-electron chi connectivity index (χ3n) is 4.87. The molecule has 0 bridgehead atoms. The molecule has 0 saturated carbocycles. The van der Waals surface area contributed by atoms with Crippen LogP contribution in [0.5, 0.6) is 5.75 Å². The smallest absolute Gasteiger partial charge is 0.463 e. The Hall–Kier alpha value is -2.79. The maximum absolute atomic E-state index is 13.2. The summed E-state index contributed by atoms with van der Waals surface area (Å²) in [5.74, 6) is 0.361. The fourth-order valence-electron chi connectivity index (χ4n) is 3.30. The van der Waals surface area contributed by atoms with Gasteiger partial charge in [-0.25, -0.2) is 4.79 Å². The van der Waals surface area contributed by atoms with Crippen LogP contribution in [-0.4, -0.2) is 12.8 Å². The van der Waals surface area contributed by atoms with Crippen LogP contribution in [0, 0.1) is 0 Å². The maximum Gasteiger partial charge on any atom is 0.513 e. The summed E-state index contributed by atoms with van der Waals surface area (Å²) in [6.07, 6.45) is 5.58. The summed E-state index contributed by atoms with van der Waals surface area (Å²) in [5, 5.41) is 1.04. The Morgan fingerprint density at radius 2 is 1.83 bits per heavy atom. The van der Waals surface area contributed by atoms with Crippen LogP contribution in [0.4, 0.5) is 4.79 Å². The molecule has 6 heteroatoms. The van der Waals surface area contributed by atoms with E-state index in [1.54, 1.807) is 43.3 Å². The molecule has 158 valence electrons. The molecule has 1 heterocycles. The van der Waals surface area contributed by atoms with Gasteiger partial charge >= 0.3 is 6.16 Å². The van der Waals surface area contributed by atoms with Crippen molar-refractivity contribution in [1.82, 2.24) is 0 Å². The Morgan fingerprint density at radius 1 is 1.07 bits per heavy atom. The van der Waals surface area contributed by atoms with E-state index in [-0.39, 0.29) is 12.0 Å². The zero-order chi connectivity index (χ0) is 21.5. The molecule has 0 unspecified atom stereocenters. The van der Waals surface area contributed by atoms with Crippen LogP contribution in [0.1, 0.15) is 45.1 Å². The fourth-order valence-corrected chi connectivity index (χ4v) is 3.43. The zero-order valence-corrected chi connectivity index (χ0v) is 18.0. The second kappa shape index (κ2) is 10.3. The van der Waals surface area contributed by atoms with Gasteiger partial charge in [0.25, 0.3) is 0 Å². The zero-order valence-electron chi connectivity index (χ0n) is 17.2. The van der Waals surface area contributed by atoms with Gasteiger partial charge in [0.05, 0.1) is 17.6 Å². The molecular formula is C24H25ClO5. The molecule has 0 aliphatic rings. The van der Waals surface area contributed by atoms with Crippen LogP contribution in [0.15, 0.2) is 51.9 Å². The highest BCUT2D eigenvalue weighted by Gasteiger charge is 2.16. The highest BCUT2D eigenvalue weighted by atomic mass is 35.5. The first-order valence-corrected chi connectivity index (χ1v) is 10.6. The molecule has 0 spiro atoms. The van der Waals surface area contributed by atoms with Gasteiger partial charge in [-0.3, -0.25) is 4.79 Å². The van der Waals surface area contributed by atoms with Crippen LogP contribution in [0.25, 0.3) is 22.1 Å². The molecule has 0 aliphatic carbocycles. The topological polar surface area (TPSA) is 65.7 Å². The van der Waals surface area contributed by atoms with Crippen molar-refractivity contribution in [3.8, 4) is 16.9 Å². The summed E-state index contributed by atoms with van der Waals surface area (Å²) in [7, 11) is 0. The molecule has 0 amide bonds.